The molecular weight excluding hydrogens is 284 g/mol. The molecule has 0 aliphatic heterocycles. The van der Waals surface area contributed by atoms with Crippen molar-refractivity contribution in [3.05, 3.63) is 27.7 Å². The van der Waals surface area contributed by atoms with Gasteiger partial charge >= 0.3 is 6.01 Å². The lowest BCUT2D eigenvalue weighted by atomic mass is 10.3. The summed E-state index contributed by atoms with van der Waals surface area (Å²) in [5.41, 5.74) is 1.21. The normalized spacial score (nSPS) is 10.5. The predicted molar refractivity (Wildman–Crippen MR) is 77.0 cm³/mol. The van der Waals surface area contributed by atoms with Crippen molar-refractivity contribution in [2.75, 3.05) is 18.6 Å². The fraction of sp³-hybridized carbons (Fsp3) is 0.417. The second-order valence-electron chi connectivity index (χ2n) is 4.02. The number of aromatic nitrogens is 3. The maximum atomic E-state index is 5.89. The average Bonchev–Trinajstić information content (AvgIpc) is 2.88. The summed E-state index contributed by atoms with van der Waals surface area (Å²) in [6.45, 7) is 3.30. The van der Waals surface area contributed by atoms with E-state index in [1.165, 1.54) is 5.56 Å². The molecule has 0 aromatic carbocycles. The molecule has 102 valence electrons. The SMILES string of the molecule is CCCOc1nc(Cl)nc(N(C)Cc2ccsc2)n1. The molecule has 0 unspecified atom stereocenters. The Morgan fingerprint density at radius 2 is 2.21 bits per heavy atom. The number of rotatable bonds is 6. The van der Waals surface area contributed by atoms with Crippen LogP contribution in [-0.4, -0.2) is 28.6 Å². The molecule has 0 aliphatic rings. The topological polar surface area (TPSA) is 51.1 Å². The van der Waals surface area contributed by atoms with Crippen LogP contribution in [0.15, 0.2) is 16.8 Å². The Labute approximate surface area is 121 Å². The van der Waals surface area contributed by atoms with Crippen molar-refractivity contribution in [2.45, 2.75) is 19.9 Å². The van der Waals surface area contributed by atoms with Crippen LogP contribution in [0.25, 0.3) is 0 Å². The first-order chi connectivity index (χ1) is 9.19. The number of nitrogens with zero attached hydrogens (tertiary/aromatic N) is 4. The van der Waals surface area contributed by atoms with E-state index in [0.717, 1.165) is 13.0 Å². The molecule has 0 saturated heterocycles. The van der Waals surface area contributed by atoms with Crippen LogP contribution in [0.4, 0.5) is 5.95 Å². The third-order valence-corrected chi connectivity index (χ3v) is 3.25. The highest BCUT2D eigenvalue weighted by molar-refractivity contribution is 7.07. The Bertz CT molecular complexity index is 520. The molecule has 2 aromatic heterocycles. The van der Waals surface area contributed by atoms with Crippen LogP contribution in [0, 0.1) is 0 Å². The van der Waals surface area contributed by atoms with Gasteiger partial charge in [0.15, 0.2) is 0 Å². The van der Waals surface area contributed by atoms with Crippen molar-refractivity contribution in [1.82, 2.24) is 15.0 Å². The average molecular weight is 299 g/mol. The molecule has 0 spiro atoms. The van der Waals surface area contributed by atoms with Crippen molar-refractivity contribution in [2.24, 2.45) is 0 Å². The maximum absolute atomic E-state index is 5.89. The summed E-state index contributed by atoms with van der Waals surface area (Å²) in [6.07, 6.45) is 0.892. The first kappa shape index (κ1) is 14.0. The van der Waals surface area contributed by atoms with Crippen LogP contribution < -0.4 is 9.64 Å². The van der Waals surface area contributed by atoms with E-state index < -0.39 is 0 Å². The van der Waals surface area contributed by atoms with Gasteiger partial charge in [-0.3, -0.25) is 0 Å². The van der Waals surface area contributed by atoms with Gasteiger partial charge in [-0.1, -0.05) is 6.92 Å². The lowest BCUT2D eigenvalue weighted by molar-refractivity contribution is 0.291. The van der Waals surface area contributed by atoms with Gasteiger partial charge < -0.3 is 9.64 Å². The molecule has 0 fully saturated rings. The number of ether oxygens (including phenoxy) is 1. The Balaban J connectivity index is 2.11. The summed E-state index contributed by atoms with van der Waals surface area (Å²) >= 11 is 7.55. The highest BCUT2D eigenvalue weighted by atomic mass is 35.5. The van der Waals surface area contributed by atoms with Gasteiger partial charge in [0.1, 0.15) is 0 Å². The highest BCUT2D eigenvalue weighted by Crippen LogP contribution is 2.17. The lowest BCUT2D eigenvalue weighted by Gasteiger charge is -2.16. The van der Waals surface area contributed by atoms with Gasteiger partial charge in [-0.15, -0.1) is 0 Å². The molecule has 2 aromatic rings. The van der Waals surface area contributed by atoms with Gasteiger partial charge in [0, 0.05) is 13.6 Å². The zero-order valence-corrected chi connectivity index (χ0v) is 12.4. The molecule has 5 nitrogen and oxygen atoms in total. The minimum Gasteiger partial charge on any atom is -0.463 e. The van der Waals surface area contributed by atoms with E-state index >= 15 is 0 Å². The van der Waals surface area contributed by atoms with Crippen molar-refractivity contribution in [3.63, 3.8) is 0 Å². The maximum Gasteiger partial charge on any atom is 0.322 e. The van der Waals surface area contributed by atoms with E-state index in [1.807, 2.05) is 24.3 Å². The van der Waals surface area contributed by atoms with E-state index in [2.05, 4.69) is 26.4 Å². The third-order valence-electron chi connectivity index (χ3n) is 2.35. The van der Waals surface area contributed by atoms with E-state index in [0.29, 0.717) is 12.6 Å². The molecule has 0 atom stereocenters. The summed E-state index contributed by atoms with van der Waals surface area (Å²) in [7, 11) is 1.91. The zero-order chi connectivity index (χ0) is 13.7. The van der Waals surface area contributed by atoms with Crippen molar-refractivity contribution in [1.29, 1.82) is 0 Å². The number of thiophene rings is 1. The molecule has 2 heterocycles. The standard InChI is InChI=1S/C12H15ClN4OS/c1-3-5-18-12-15-10(13)14-11(16-12)17(2)7-9-4-6-19-8-9/h4,6,8H,3,5,7H2,1-2H3. The quantitative estimate of drug-likeness (QED) is 0.820. The van der Waals surface area contributed by atoms with E-state index in [9.17, 15) is 0 Å². The predicted octanol–water partition coefficient (Wildman–Crippen LogP) is 3.01. The van der Waals surface area contributed by atoms with Crippen LogP contribution in [0.3, 0.4) is 0 Å². The zero-order valence-electron chi connectivity index (χ0n) is 10.8. The van der Waals surface area contributed by atoms with Gasteiger partial charge in [0.05, 0.1) is 6.61 Å². The summed E-state index contributed by atoms with van der Waals surface area (Å²) in [6, 6.07) is 2.34. The molecule has 0 bridgehead atoms. The fourth-order valence-electron chi connectivity index (χ4n) is 1.48. The minimum absolute atomic E-state index is 0.147. The van der Waals surface area contributed by atoms with E-state index in [-0.39, 0.29) is 11.3 Å². The molecular formula is C12H15ClN4OS. The van der Waals surface area contributed by atoms with Crippen molar-refractivity contribution in [3.8, 4) is 6.01 Å². The molecule has 0 aliphatic carbocycles. The molecule has 0 radical (unpaired) electrons. The number of halogens is 1. The van der Waals surface area contributed by atoms with Crippen LogP contribution in [0.1, 0.15) is 18.9 Å². The minimum atomic E-state index is 0.147. The highest BCUT2D eigenvalue weighted by Gasteiger charge is 2.10. The van der Waals surface area contributed by atoms with Crippen LogP contribution in [-0.2, 0) is 6.54 Å². The largest absolute Gasteiger partial charge is 0.463 e. The van der Waals surface area contributed by atoms with E-state index in [4.69, 9.17) is 16.3 Å². The van der Waals surface area contributed by atoms with Crippen LogP contribution in [0.2, 0.25) is 5.28 Å². The molecule has 0 amide bonds. The first-order valence-electron chi connectivity index (χ1n) is 5.95. The summed E-state index contributed by atoms with van der Waals surface area (Å²) in [4.78, 5) is 14.2. The Hall–Kier alpha value is -1.40. The van der Waals surface area contributed by atoms with Crippen molar-refractivity contribution < 1.29 is 4.74 Å². The van der Waals surface area contributed by atoms with Crippen molar-refractivity contribution >= 4 is 28.9 Å². The number of hydrogen-bond donors (Lipinski definition) is 0. The van der Waals surface area contributed by atoms with Gasteiger partial charge in [0.25, 0.3) is 0 Å². The summed E-state index contributed by atoms with van der Waals surface area (Å²) in [5, 5.41) is 4.28. The second kappa shape index (κ2) is 6.68. The molecule has 7 heteroatoms. The van der Waals surface area contributed by atoms with Gasteiger partial charge in [0.2, 0.25) is 11.2 Å². The van der Waals surface area contributed by atoms with Crippen LogP contribution >= 0.6 is 22.9 Å². The van der Waals surface area contributed by atoms with Gasteiger partial charge in [-0.2, -0.15) is 26.3 Å². The fourth-order valence-corrected chi connectivity index (χ4v) is 2.29. The lowest BCUT2D eigenvalue weighted by Crippen LogP contribution is -2.19. The molecule has 19 heavy (non-hydrogen) atoms. The summed E-state index contributed by atoms with van der Waals surface area (Å²) < 4.78 is 5.39. The van der Waals surface area contributed by atoms with Gasteiger partial charge in [-0.05, 0) is 40.4 Å². The second-order valence-corrected chi connectivity index (χ2v) is 5.14. The Morgan fingerprint density at radius 3 is 2.89 bits per heavy atom. The molecule has 2 rings (SSSR count). The van der Waals surface area contributed by atoms with E-state index in [1.54, 1.807) is 11.3 Å². The third kappa shape index (κ3) is 4.04. The molecule has 0 saturated carbocycles. The smallest absolute Gasteiger partial charge is 0.322 e. The Kier molecular flexibility index (Phi) is 4.93. The first-order valence-corrected chi connectivity index (χ1v) is 7.27. The number of anilines is 1. The van der Waals surface area contributed by atoms with Crippen LogP contribution in [0.5, 0.6) is 6.01 Å². The monoisotopic (exact) mass is 298 g/mol. The Morgan fingerprint density at radius 1 is 1.37 bits per heavy atom. The summed E-state index contributed by atoms with van der Waals surface area (Å²) in [5.74, 6) is 0.511. The van der Waals surface area contributed by atoms with Gasteiger partial charge in [-0.25, -0.2) is 0 Å². The number of hydrogen-bond acceptors (Lipinski definition) is 6. The molecule has 0 N–H and O–H groups in total.